The van der Waals surface area contributed by atoms with E-state index >= 15 is 0 Å². The molecule has 2 aromatic heterocycles. The van der Waals surface area contributed by atoms with Gasteiger partial charge >= 0.3 is 0 Å². The number of benzene rings is 3. The topological polar surface area (TPSA) is 132 Å². The van der Waals surface area contributed by atoms with Crippen LogP contribution in [0.2, 0.25) is 5.04 Å². The van der Waals surface area contributed by atoms with Gasteiger partial charge in [0.25, 0.3) is 14.2 Å². The summed E-state index contributed by atoms with van der Waals surface area (Å²) in [7, 11) is -2.90. The van der Waals surface area contributed by atoms with E-state index in [0.717, 1.165) is 10.4 Å². The Labute approximate surface area is 256 Å². The first-order valence-electron chi connectivity index (χ1n) is 14.5. The molecule has 3 N–H and O–H groups in total. The molecule has 0 aliphatic carbocycles. The fraction of sp³-hybridized carbons (Fsp3) is 0.273. The molecule has 0 saturated carbocycles. The van der Waals surface area contributed by atoms with E-state index in [-0.39, 0.29) is 23.4 Å². The zero-order valence-corrected chi connectivity index (χ0v) is 25.7. The number of aliphatic hydroxyl groups is 2. The third-order valence-corrected chi connectivity index (χ3v) is 13.1. The smallest absolute Gasteiger partial charge is 0.261 e. The summed E-state index contributed by atoms with van der Waals surface area (Å²) < 4.78 is 14.8. The summed E-state index contributed by atoms with van der Waals surface area (Å²) in [4.78, 5) is 25.8. The number of carbonyl (C=O) groups is 1. The van der Waals surface area contributed by atoms with Gasteiger partial charge < -0.3 is 24.7 Å². The summed E-state index contributed by atoms with van der Waals surface area (Å²) in [6.07, 6.45) is -1.55. The van der Waals surface area contributed by atoms with Gasteiger partial charge in [0.05, 0.1) is 12.9 Å². The second kappa shape index (κ2) is 12.0. The molecule has 226 valence electrons. The van der Waals surface area contributed by atoms with Crippen LogP contribution in [0.3, 0.4) is 0 Å². The first-order chi connectivity index (χ1) is 21.2. The van der Waals surface area contributed by atoms with Gasteiger partial charge in [0, 0.05) is 5.56 Å². The molecule has 0 radical (unpaired) electrons. The van der Waals surface area contributed by atoms with Crippen molar-refractivity contribution in [2.75, 3.05) is 11.9 Å². The highest BCUT2D eigenvalue weighted by molar-refractivity contribution is 6.99. The first-order valence-corrected chi connectivity index (χ1v) is 16.4. The minimum Gasteiger partial charge on any atom is -0.405 e. The third kappa shape index (κ3) is 5.33. The van der Waals surface area contributed by atoms with Crippen LogP contribution in [-0.4, -0.2) is 68.9 Å². The van der Waals surface area contributed by atoms with E-state index in [1.54, 1.807) is 28.8 Å². The molecule has 3 heterocycles. The van der Waals surface area contributed by atoms with Crippen molar-refractivity contribution in [1.29, 1.82) is 0 Å². The molecule has 44 heavy (non-hydrogen) atoms. The summed E-state index contributed by atoms with van der Waals surface area (Å²) >= 11 is 0. The number of imidazole rings is 1. The fourth-order valence-corrected chi connectivity index (χ4v) is 10.5. The number of carbonyl (C=O) groups excluding carboxylic acids is 1. The van der Waals surface area contributed by atoms with Crippen molar-refractivity contribution >= 4 is 41.6 Å². The Morgan fingerprint density at radius 3 is 2.07 bits per heavy atom. The maximum absolute atomic E-state index is 12.8. The Kier molecular flexibility index (Phi) is 8.14. The molecule has 1 aliphatic heterocycles. The van der Waals surface area contributed by atoms with Gasteiger partial charge in [-0.25, -0.2) is 15.0 Å². The van der Waals surface area contributed by atoms with E-state index in [4.69, 9.17) is 9.16 Å². The van der Waals surface area contributed by atoms with E-state index in [0.29, 0.717) is 16.7 Å². The molecule has 1 amide bonds. The molecule has 1 fully saturated rings. The summed E-state index contributed by atoms with van der Waals surface area (Å²) in [6, 6.07) is 29.2. The van der Waals surface area contributed by atoms with Crippen molar-refractivity contribution in [3.63, 3.8) is 0 Å². The lowest BCUT2D eigenvalue weighted by Gasteiger charge is -2.43. The Balaban J connectivity index is 1.27. The lowest BCUT2D eigenvalue weighted by Crippen LogP contribution is -2.67. The van der Waals surface area contributed by atoms with Crippen LogP contribution in [0.4, 0.5) is 5.82 Å². The van der Waals surface area contributed by atoms with Crippen molar-refractivity contribution in [2.24, 2.45) is 0 Å². The molecular formula is C33H35N5O5Si. The number of anilines is 1. The van der Waals surface area contributed by atoms with Crippen LogP contribution in [0, 0.1) is 0 Å². The third-order valence-electron chi connectivity index (χ3n) is 8.12. The highest BCUT2D eigenvalue weighted by atomic mass is 28.4. The zero-order chi connectivity index (χ0) is 30.9. The number of nitrogens with one attached hydrogen (secondary N) is 1. The van der Waals surface area contributed by atoms with Crippen LogP contribution in [-0.2, 0) is 9.16 Å². The number of nitrogens with zero attached hydrogens (tertiary/aromatic N) is 4. The summed E-state index contributed by atoms with van der Waals surface area (Å²) in [5, 5.41) is 27.1. The lowest BCUT2D eigenvalue weighted by molar-refractivity contribution is -0.0486. The molecule has 6 rings (SSSR count). The molecule has 4 atom stereocenters. The second-order valence-corrected chi connectivity index (χ2v) is 16.2. The van der Waals surface area contributed by atoms with Crippen LogP contribution in [0.25, 0.3) is 11.2 Å². The van der Waals surface area contributed by atoms with Gasteiger partial charge in [-0.15, -0.1) is 0 Å². The van der Waals surface area contributed by atoms with Gasteiger partial charge in [-0.1, -0.05) is 99.6 Å². The predicted molar refractivity (Wildman–Crippen MR) is 169 cm³/mol. The molecular weight excluding hydrogens is 574 g/mol. The first kappa shape index (κ1) is 29.8. The Morgan fingerprint density at radius 2 is 1.48 bits per heavy atom. The monoisotopic (exact) mass is 609 g/mol. The number of aromatic nitrogens is 4. The largest absolute Gasteiger partial charge is 0.405 e. The fourth-order valence-electron chi connectivity index (χ4n) is 5.96. The second-order valence-electron chi connectivity index (χ2n) is 11.9. The minimum absolute atomic E-state index is 0.0575. The van der Waals surface area contributed by atoms with Crippen LogP contribution < -0.4 is 15.7 Å². The number of ether oxygens (including phenoxy) is 1. The predicted octanol–water partition coefficient (Wildman–Crippen LogP) is 3.27. The number of fused-ring (bicyclic) bond motifs is 1. The molecule has 0 spiro atoms. The molecule has 1 aliphatic rings. The van der Waals surface area contributed by atoms with E-state index in [9.17, 15) is 15.0 Å². The summed E-state index contributed by atoms with van der Waals surface area (Å²) in [5.41, 5.74) is 1.14. The molecule has 0 bridgehead atoms. The van der Waals surface area contributed by atoms with Crippen molar-refractivity contribution in [3.8, 4) is 0 Å². The average Bonchev–Trinajstić information content (AvgIpc) is 3.59. The van der Waals surface area contributed by atoms with Crippen LogP contribution in [0.5, 0.6) is 0 Å². The van der Waals surface area contributed by atoms with Crippen LogP contribution in [0.1, 0.15) is 37.4 Å². The number of rotatable bonds is 8. The van der Waals surface area contributed by atoms with E-state index in [1.807, 2.05) is 42.5 Å². The van der Waals surface area contributed by atoms with Gasteiger partial charge in [-0.3, -0.25) is 9.36 Å². The highest BCUT2D eigenvalue weighted by Crippen LogP contribution is 2.38. The molecule has 3 aromatic carbocycles. The van der Waals surface area contributed by atoms with Gasteiger partial charge in [0.1, 0.15) is 24.6 Å². The molecule has 0 unspecified atom stereocenters. The van der Waals surface area contributed by atoms with Gasteiger partial charge in [0.15, 0.2) is 23.2 Å². The lowest BCUT2D eigenvalue weighted by atomic mass is 10.1. The Morgan fingerprint density at radius 1 is 0.886 bits per heavy atom. The number of amides is 1. The van der Waals surface area contributed by atoms with Crippen molar-refractivity contribution < 1.29 is 24.2 Å². The summed E-state index contributed by atoms with van der Waals surface area (Å²) in [6.45, 7) is 6.58. The quantitative estimate of drug-likeness (QED) is 0.229. The maximum atomic E-state index is 12.8. The van der Waals surface area contributed by atoms with Gasteiger partial charge in [-0.05, 0) is 27.5 Å². The summed E-state index contributed by atoms with van der Waals surface area (Å²) in [5.74, 6) is -0.115. The minimum atomic E-state index is -2.90. The molecule has 5 aromatic rings. The number of hydrogen-bond acceptors (Lipinski definition) is 8. The van der Waals surface area contributed by atoms with Crippen LogP contribution in [0.15, 0.2) is 104 Å². The normalized spacial score (nSPS) is 20.6. The number of aliphatic hydroxyl groups excluding tert-OH is 2. The molecule has 1 saturated heterocycles. The van der Waals surface area contributed by atoms with Gasteiger partial charge in [0.2, 0.25) is 0 Å². The average molecular weight is 610 g/mol. The van der Waals surface area contributed by atoms with E-state index < -0.39 is 32.9 Å². The van der Waals surface area contributed by atoms with Crippen molar-refractivity contribution in [1.82, 2.24) is 19.5 Å². The molecule has 10 nitrogen and oxygen atoms in total. The zero-order valence-electron chi connectivity index (χ0n) is 24.7. The SMILES string of the molecule is CC(C)(C)[Si](OC[C@H]1O[C@@H](n2cnc3c(NC(=O)c4ccccc4)ncnc32)[C@H](O)[C@@H]1O)(c1ccccc1)c1ccccc1. The number of hydrogen-bond donors (Lipinski definition) is 3. The van der Waals surface area contributed by atoms with Crippen molar-refractivity contribution in [3.05, 3.63) is 109 Å². The van der Waals surface area contributed by atoms with E-state index in [1.165, 1.54) is 12.7 Å². The highest BCUT2D eigenvalue weighted by Gasteiger charge is 2.52. The Bertz CT molecular complexity index is 1690. The Hall–Kier alpha value is -4.26. The maximum Gasteiger partial charge on any atom is 0.261 e. The molecule has 11 heteroatoms. The standard InChI is InChI=1S/C33H35N5O5Si/c1-33(2,3)44(23-15-9-5-10-16-23,24-17-11-6-12-18-24)42-19-25-27(39)28(40)32(43-25)38-21-36-26-29(34-20-35-30(26)38)37-31(41)22-13-7-4-8-14-22/h4-18,20-21,25,27-28,32,39-40H,19H2,1-3H3,(H,34,35,37,41)/t25-,27-,28-,32-/m1/s1. The van der Waals surface area contributed by atoms with E-state index in [2.05, 4.69) is 65.3 Å². The van der Waals surface area contributed by atoms with Crippen molar-refractivity contribution in [2.45, 2.75) is 50.3 Å². The van der Waals surface area contributed by atoms with Gasteiger partial charge in [-0.2, -0.15) is 0 Å². The van der Waals surface area contributed by atoms with Crippen LogP contribution >= 0.6 is 0 Å².